The Labute approximate surface area is 181 Å². The van der Waals surface area contributed by atoms with E-state index in [0.29, 0.717) is 6.54 Å². The van der Waals surface area contributed by atoms with E-state index in [1.165, 1.54) is 6.92 Å². The van der Waals surface area contributed by atoms with Crippen LogP contribution in [-0.2, 0) is 32.1 Å². The van der Waals surface area contributed by atoms with Crippen LogP contribution in [0.5, 0.6) is 0 Å². The third kappa shape index (κ3) is 6.40. The molecule has 3 aromatic rings. The van der Waals surface area contributed by atoms with Crippen LogP contribution >= 0.6 is 0 Å². The number of benzene rings is 3. The van der Waals surface area contributed by atoms with E-state index in [9.17, 15) is 14.4 Å². The van der Waals surface area contributed by atoms with Gasteiger partial charge in [0.1, 0.15) is 6.54 Å². The van der Waals surface area contributed by atoms with Crippen molar-refractivity contribution in [2.24, 2.45) is 0 Å². The molecule has 1 atom stereocenters. The fraction of sp³-hybridized carbons (Fsp3) is 0.240. The van der Waals surface area contributed by atoms with E-state index < -0.39 is 18.0 Å². The highest BCUT2D eigenvalue weighted by molar-refractivity contribution is 5.91. The SMILES string of the molecule is Cc1ccc(CNC(=O)[C@H](C)OC(=O)CNC(=O)Cc2cccc3ccccc23)cc1. The Morgan fingerprint density at radius 1 is 0.903 bits per heavy atom. The number of carbonyl (C=O) groups excluding carboxylic acids is 3. The topological polar surface area (TPSA) is 84.5 Å². The number of hydrogen-bond donors (Lipinski definition) is 2. The number of fused-ring (bicyclic) bond motifs is 1. The quantitative estimate of drug-likeness (QED) is 0.551. The van der Waals surface area contributed by atoms with Gasteiger partial charge in [0.25, 0.3) is 5.91 Å². The van der Waals surface area contributed by atoms with Crippen LogP contribution in [0.3, 0.4) is 0 Å². The number of hydrogen-bond acceptors (Lipinski definition) is 4. The molecule has 0 saturated carbocycles. The summed E-state index contributed by atoms with van der Waals surface area (Å²) in [5, 5.41) is 7.35. The average molecular weight is 418 g/mol. The molecule has 0 unspecified atom stereocenters. The average Bonchev–Trinajstić information content (AvgIpc) is 2.77. The summed E-state index contributed by atoms with van der Waals surface area (Å²) in [6, 6.07) is 21.4. The summed E-state index contributed by atoms with van der Waals surface area (Å²) in [6.07, 6.45) is -0.797. The first-order valence-electron chi connectivity index (χ1n) is 10.2. The summed E-state index contributed by atoms with van der Waals surface area (Å²) in [7, 11) is 0. The molecular weight excluding hydrogens is 392 g/mol. The molecule has 2 N–H and O–H groups in total. The normalized spacial score (nSPS) is 11.5. The number of carbonyl (C=O) groups is 3. The summed E-state index contributed by atoms with van der Waals surface area (Å²) in [4.78, 5) is 36.4. The van der Waals surface area contributed by atoms with E-state index in [2.05, 4.69) is 10.6 Å². The minimum absolute atomic E-state index is 0.154. The van der Waals surface area contributed by atoms with Gasteiger partial charge in [-0.15, -0.1) is 0 Å². The van der Waals surface area contributed by atoms with Crippen molar-refractivity contribution >= 4 is 28.6 Å². The second-order valence-corrected chi connectivity index (χ2v) is 7.43. The van der Waals surface area contributed by atoms with Crippen molar-refractivity contribution in [2.45, 2.75) is 32.9 Å². The van der Waals surface area contributed by atoms with Gasteiger partial charge in [0.05, 0.1) is 6.42 Å². The minimum Gasteiger partial charge on any atom is -0.451 e. The van der Waals surface area contributed by atoms with E-state index >= 15 is 0 Å². The first-order chi connectivity index (χ1) is 14.9. The van der Waals surface area contributed by atoms with Crippen molar-refractivity contribution in [3.05, 3.63) is 83.4 Å². The Morgan fingerprint density at radius 2 is 1.61 bits per heavy atom. The summed E-state index contributed by atoms with van der Waals surface area (Å²) in [6.45, 7) is 3.55. The van der Waals surface area contributed by atoms with Gasteiger partial charge in [-0.2, -0.15) is 0 Å². The van der Waals surface area contributed by atoms with Crippen molar-refractivity contribution in [1.29, 1.82) is 0 Å². The van der Waals surface area contributed by atoms with Crippen LogP contribution in [0.2, 0.25) is 0 Å². The lowest BCUT2D eigenvalue weighted by molar-refractivity contribution is -0.154. The molecule has 0 aliphatic heterocycles. The van der Waals surface area contributed by atoms with Crippen LogP contribution in [-0.4, -0.2) is 30.4 Å². The Balaban J connectivity index is 1.42. The molecule has 0 heterocycles. The summed E-state index contributed by atoms with van der Waals surface area (Å²) in [5.41, 5.74) is 2.98. The zero-order chi connectivity index (χ0) is 22.2. The van der Waals surface area contributed by atoms with Gasteiger partial charge in [0.2, 0.25) is 5.91 Å². The third-order valence-electron chi connectivity index (χ3n) is 4.93. The van der Waals surface area contributed by atoms with Gasteiger partial charge < -0.3 is 15.4 Å². The van der Waals surface area contributed by atoms with Gasteiger partial charge in [0, 0.05) is 6.54 Å². The van der Waals surface area contributed by atoms with Crippen molar-refractivity contribution in [2.75, 3.05) is 6.54 Å². The summed E-state index contributed by atoms with van der Waals surface area (Å²) < 4.78 is 5.12. The lowest BCUT2D eigenvalue weighted by Crippen LogP contribution is -2.38. The summed E-state index contributed by atoms with van der Waals surface area (Å²) in [5.74, 6) is -1.34. The lowest BCUT2D eigenvalue weighted by Gasteiger charge is -2.14. The van der Waals surface area contributed by atoms with Gasteiger partial charge in [-0.1, -0.05) is 72.3 Å². The molecule has 6 heteroatoms. The molecule has 3 rings (SSSR count). The van der Waals surface area contributed by atoms with Crippen molar-refractivity contribution < 1.29 is 19.1 Å². The van der Waals surface area contributed by atoms with Crippen molar-refractivity contribution in [3.63, 3.8) is 0 Å². The first kappa shape index (κ1) is 22.0. The van der Waals surface area contributed by atoms with Crippen molar-refractivity contribution in [1.82, 2.24) is 10.6 Å². The molecule has 0 aromatic heterocycles. The fourth-order valence-electron chi connectivity index (χ4n) is 3.18. The molecule has 160 valence electrons. The highest BCUT2D eigenvalue weighted by atomic mass is 16.5. The maximum atomic E-state index is 12.3. The Morgan fingerprint density at radius 3 is 2.39 bits per heavy atom. The second kappa shape index (κ2) is 10.4. The van der Waals surface area contributed by atoms with E-state index in [4.69, 9.17) is 4.74 Å². The molecule has 0 bridgehead atoms. The predicted octanol–water partition coefficient (Wildman–Crippen LogP) is 3.06. The molecule has 6 nitrogen and oxygen atoms in total. The maximum Gasteiger partial charge on any atom is 0.326 e. The first-order valence-corrected chi connectivity index (χ1v) is 10.2. The smallest absolute Gasteiger partial charge is 0.326 e. The molecule has 0 radical (unpaired) electrons. The molecule has 0 aliphatic rings. The van der Waals surface area contributed by atoms with Gasteiger partial charge in [-0.3, -0.25) is 14.4 Å². The van der Waals surface area contributed by atoms with Crippen LogP contribution in [0.1, 0.15) is 23.6 Å². The Bertz CT molecular complexity index is 1070. The zero-order valence-electron chi connectivity index (χ0n) is 17.7. The maximum absolute atomic E-state index is 12.3. The minimum atomic E-state index is -0.951. The monoisotopic (exact) mass is 418 g/mol. The van der Waals surface area contributed by atoms with Gasteiger partial charge in [-0.25, -0.2) is 0 Å². The van der Waals surface area contributed by atoms with E-state index in [-0.39, 0.29) is 18.9 Å². The van der Waals surface area contributed by atoms with Crippen LogP contribution in [0, 0.1) is 6.92 Å². The van der Waals surface area contributed by atoms with Crippen molar-refractivity contribution in [3.8, 4) is 0 Å². The summed E-state index contributed by atoms with van der Waals surface area (Å²) >= 11 is 0. The molecule has 0 saturated heterocycles. The number of esters is 1. The Hall–Kier alpha value is -3.67. The van der Waals surface area contributed by atoms with Crippen LogP contribution in [0.15, 0.2) is 66.7 Å². The van der Waals surface area contributed by atoms with Crippen LogP contribution in [0.25, 0.3) is 10.8 Å². The van der Waals surface area contributed by atoms with Gasteiger partial charge in [0.15, 0.2) is 6.10 Å². The molecular formula is C25H26N2O4. The molecule has 0 aliphatic carbocycles. The molecule has 3 aromatic carbocycles. The molecule has 0 spiro atoms. The predicted molar refractivity (Wildman–Crippen MR) is 119 cm³/mol. The third-order valence-corrected chi connectivity index (χ3v) is 4.93. The second-order valence-electron chi connectivity index (χ2n) is 7.43. The number of ether oxygens (including phenoxy) is 1. The number of rotatable bonds is 8. The highest BCUT2D eigenvalue weighted by Gasteiger charge is 2.18. The molecule has 2 amide bonds. The Kier molecular flexibility index (Phi) is 7.38. The fourth-order valence-corrected chi connectivity index (χ4v) is 3.18. The zero-order valence-corrected chi connectivity index (χ0v) is 17.7. The number of aryl methyl sites for hydroxylation is 1. The van der Waals surface area contributed by atoms with E-state index in [1.807, 2.05) is 73.7 Å². The number of amides is 2. The molecule has 31 heavy (non-hydrogen) atoms. The van der Waals surface area contributed by atoms with Gasteiger partial charge in [-0.05, 0) is 35.7 Å². The van der Waals surface area contributed by atoms with E-state index in [0.717, 1.165) is 27.5 Å². The van der Waals surface area contributed by atoms with Gasteiger partial charge >= 0.3 is 5.97 Å². The highest BCUT2D eigenvalue weighted by Crippen LogP contribution is 2.18. The molecule has 0 fully saturated rings. The van der Waals surface area contributed by atoms with Crippen LogP contribution < -0.4 is 10.6 Å². The number of nitrogens with one attached hydrogen (secondary N) is 2. The largest absolute Gasteiger partial charge is 0.451 e. The van der Waals surface area contributed by atoms with Crippen LogP contribution in [0.4, 0.5) is 0 Å². The van der Waals surface area contributed by atoms with E-state index in [1.54, 1.807) is 0 Å². The standard InChI is InChI=1S/C25H26N2O4/c1-17-10-12-19(13-11-17)15-27-25(30)18(2)31-24(29)16-26-23(28)14-21-8-5-7-20-6-3-4-9-22(20)21/h3-13,18H,14-16H2,1-2H3,(H,26,28)(H,27,30)/t18-/m0/s1. The lowest BCUT2D eigenvalue weighted by atomic mass is 10.0.